The van der Waals surface area contributed by atoms with E-state index >= 15 is 0 Å². The fourth-order valence-electron chi connectivity index (χ4n) is 16.4. The lowest BCUT2D eigenvalue weighted by Crippen LogP contribution is -2.37. The first-order valence-electron chi connectivity index (χ1n) is 41.7. The van der Waals surface area contributed by atoms with E-state index in [9.17, 15) is 20.4 Å². The molecule has 0 radical (unpaired) electrons. The average Bonchev–Trinajstić information content (AvgIpc) is 0.747. The highest BCUT2D eigenvalue weighted by atomic mass is 16.5. The molecule has 0 aliphatic rings. The van der Waals surface area contributed by atoms with E-state index in [0.29, 0.717) is 12.8 Å². The maximum Gasteiger partial charge on any atom is 0.212 e. The van der Waals surface area contributed by atoms with Crippen molar-refractivity contribution in [3.63, 3.8) is 0 Å². The van der Waals surface area contributed by atoms with Crippen molar-refractivity contribution in [3.05, 3.63) is 83.9 Å². The van der Waals surface area contributed by atoms with E-state index in [1.165, 1.54) is 74.7 Å². The number of anilines is 4. The van der Waals surface area contributed by atoms with Crippen LogP contribution in [0.5, 0.6) is 0 Å². The molecule has 6 atom stereocenters. The maximum absolute atomic E-state index is 13.0. The van der Waals surface area contributed by atoms with Gasteiger partial charge in [0, 0.05) is 125 Å². The third-order valence-electron chi connectivity index (χ3n) is 22.5. The van der Waals surface area contributed by atoms with Gasteiger partial charge in [-0.1, -0.05) is 231 Å². The van der Waals surface area contributed by atoms with Crippen LogP contribution < -0.4 is 19.6 Å². The van der Waals surface area contributed by atoms with Crippen LogP contribution in [-0.4, -0.2) is 85.4 Å². The minimum absolute atomic E-state index is 0.0979. The van der Waals surface area contributed by atoms with Crippen LogP contribution in [0, 0.1) is 23.7 Å². The number of hydrogen-bond acceptors (Lipinski definition) is 10. The Balaban J connectivity index is 1.75. The van der Waals surface area contributed by atoms with Crippen molar-refractivity contribution in [2.24, 2.45) is 23.7 Å². The fourth-order valence-corrected chi connectivity index (χ4v) is 16.4. The van der Waals surface area contributed by atoms with Crippen molar-refractivity contribution < 1.29 is 29.3 Å². The van der Waals surface area contributed by atoms with Gasteiger partial charge in [0.25, 0.3) is 0 Å². The molecule has 0 fully saturated rings. The van der Waals surface area contributed by atoms with E-state index in [-0.39, 0.29) is 17.8 Å². The van der Waals surface area contributed by atoms with Crippen LogP contribution in [0.3, 0.4) is 0 Å². The highest BCUT2D eigenvalue weighted by Gasteiger charge is 2.45. The van der Waals surface area contributed by atoms with Crippen molar-refractivity contribution in [3.8, 4) is 0 Å². The number of rotatable bonds is 56. The van der Waals surface area contributed by atoms with E-state index in [0.717, 1.165) is 267 Å². The normalized spacial score (nSPS) is 13.9. The summed E-state index contributed by atoms with van der Waals surface area (Å²) in [4.78, 5) is 10.2. The Morgan fingerprint density at radius 3 is 0.798 bits per heavy atom. The number of aliphatic hydroxyl groups is 4. The average molecular weight is 1370 g/mol. The van der Waals surface area contributed by atoms with E-state index < -0.39 is 30.3 Å². The molecule has 0 saturated carbocycles. The summed E-state index contributed by atoms with van der Waals surface area (Å²) in [5, 5.41) is 54.8. The topological polar surface area (TPSA) is 120 Å². The smallest absolute Gasteiger partial charge is 0.212 e. The zero-order valence-electron chi connectivity index (χ0n) is 65.3. The molecule has 0 bridgehead atoms. The summed E-state index contributed by atoms with van der Waals surface area (Å²) in [5.41, 5.74) is 10.3. The lowest BCUT2D eigenvalue weighted by Gasteiger charge is -2.40. The molecule has 6 rings (SSSR count). The molecule has 2 heterocycles. The number of fused-ring (bicyclic) bond motifs is 4. The second-order valence-corrected chi connectivity index (χ2v) is 30.1. The molecule has 0 aliphatic heterocycles. The summed E-state index contributed by atoms with van der Waals surface area (Å²) in [5.74, 6) is -1.99. The number of unbranched alkanes of at least 4 members (excludes halogenated alkanes) is 20. The van der Waals surface area contributed by atoms with Gasteiger partial charge in [-0.05, 0) is 113 Å². The number of aliphatic hydroxyl groups excluding tert-OH is 2. The Morgan fingerprint density at radius 1 is 0.293 bits per heavy atom. The van der Waals surface area contributed by atoms with Crippen LogP contribution in [0.25, 0.3) is 43.9 Å². The van der Waals surface area contributed by atoms with Gasteiger partial charge in [0.15, 0.2) is 12.6 Å². The number of benzene rings is 4. The quantitative estimate of drug-likeness (QED) is 0.0127. The second kappa shape index (κ2) is 46.8. The Labute approximate surface area is 604 Å². The maximum atomic E-state index is 13.0. The molecule has 4 aromatic carbocycles. The lowest BCUT2D eigenvalue weighted by molar-refractivity contribution is -0.114. The molecule has 99 heavy (non-hydrogen) atoms. The Kier molecular flexibility index (Phi) is 39.3. The van der Waals surface area contributed by atoms with Gasteiger partial charge in [0.05, 0.1) is 33.9 Å². The molecule has 0 saturated heterocycles. The Morgan fingerprint density at radius 2 is 0.545 bits per heavy atom. The molecule has 10 nitrogen and oxygen atoms in total. The highest BCUT2D eigenvalue weighted by Crippen LogP contribution is 2.53. The Hall–Kier alpha value is -4.74. The first-order valence-corrected chi connectivity index (χ1v) is 41.7. The predicted molar refractivity (Wildman–Crippen MR) is 431 cm³/mol. The third kappa shape index (κ3) is 24.7. The summed E-state index contributed by atoms with van der Waals surface area (Å²) >= 11 is 0. The molecule has 0 aliphatic carbocycles. The third-order valence-corrected chi connectivity index (χ3v) is 22.5. The monoisotopic (exact) mass is 1370 g/mol. The van der Waals surface area contributed by atoms with Crippen molar-refractivity contribution in [2.45, 2.75) is 332 Å². The molecular weight excluding hydrogens is 1220 g/mol. The minimum Gasteiger partial charge on any atom is -0.385 e. The summed E-state index contributed by atoms with van der Waals surface area (Å²) in [7, 11) is 0. The largest absolute Gasteiger partial charge is 0.385 e. The number of nitrogens with zero attached hydrogens (tertiary/aromatic N) is 4. The van der Waals surface area contributed by atoms with Crippen molar-refractivity contribution in [1.82, 2.24) is 0 Å². The van der Waals surface area contributed by atoms with Crippen LogP contribution in [-0.2, 0) is 0 Å². The molecule has 556 valence electrons. The molecule has 4 N–H and O–H groups in total. The van der Waals surface area contributed by atoms with Gasteiger partial charge >= 0.3 is 0 Å². The first-order chi connectivity index (χ1) is 48.3. The van der Waals surface area contributed by atoms with Gasteiger partial charge in [-0.3, -0.25) is 0 Å². The summed E-state index contributed by atoms with van der Waals surface area (Å²) in [6.45, 7) is 35.1. The molecule has 6 unspecified atom stereocenters. The molecule has 6 aromatic rings. The van der Waals surface area contributed by atoms with Crippen LogP contribution in [0.15, 0.2) is 81.6 Å². The number of hydrogen-bond donors (Lipinski definition) is 4. The SMILES string of the molecule is CCCCCCCCCCC(CC(C(O)O)C([c+]1c2ccc(N(CCCC)CCCC)cc2oc2cc(N(CCCC)CCCC)ccc21)C(CC)CCCCCCCC)C([c+]1c2ccc(N(CCCC)CCCC)cc2oc2cc(N(CCCC)CCCC)ccc21)C(CC)C(O)O. The van der Waals surface area contributed by atoms with Crippen LogP contribution in [0.1, 0.15) is 331 Å². The predicted octanol–water partition coefficient (Wildman–Crippen LogP) is 25.1. The lowest BCUT2D eigenvalue weighted by atomic mass is 9.64. The first kappa shape index (κ1) is 83.2. The van der Waals surface area contributed by atoms with E-state index in [4.69, 9.17) is 8.83 Å². The van der Waals surface area contributed by atoms with Gasteiger partial charge in [0.2, 0.25) is 22.3 Å². The van der Waals surface area contributed by atoms with Crippen LogP contribution in [0.4, 0.5) is 22.7 Å². The minimum atomic E-state index is -1.67. The van der Waals surface area contributed by atoms with E-state index in [2.05, 4.69) is 175 Å². The zero-order chi connectivity index (χ0) is 71.3. The van der Waals surface area contributed by atoms with E-state index in [1.807, 2.05) is 0 Å². The molecule has 2 aromatic heterocycles. The van der Waals surface area contributed by atoms with Gasteiger partial charge in [0.1, 0.15) is 21.5 Å². The standard InChI is InChI=1S/C89H146N4O6/c1-13-25-35-37-39-40-42-44-46-69(85(74(24-12)88(94)95)87-77-53-49-72(92(59-31-19-7)60-32-20-8)66-82(77)99-83-67-73(50-54-78(83)87)93(61-33-21-9)62-34-22-10)63-79(89(96)97)84(68(23-11)45-43-41-38-36-26-14-2)86-75-51-47-70(90(55-27-15-3)56-28-16-4)64-80(75)98-81-65-71(48-52-76(81)86)91(57-29-17-5)58-30-18-6/h47-54,64-69,74,79,84-85,88-89,94-97H,13-46,55-63H2,1-12H3/q+2. The molecule has 10 heteroatoms. The van der Waals surface area contributed by atoms with Gasteiger partial charge < -0.3 is 48.9 Å². The summed E-state index contributed by atoms with van der Waals surface area (Å²) in [6, 6.07) is 27.8. The Bertz CT molecular complexity index is 2960. The zero-order valence-corrected chi connectivity index (χ0v) is 65.3. The van der Waals surface area contributed by atoms with Crippen LogP contribution >= 0.6 is 0 Å². The van der Waals surface area contributed by atoms with Crippen molar-refractivity contribution >= 4 is 66.6 Å². The van der Waals surface area contributed by atoms with Gasteiger partial charge in [-0.15, -0.1) is 0 Å². The fraction of sp³-hybridized carbons (Fsp3) is 0.708. The van der Waals surface area contributed by atoms with Gasteiger partial charge in [-0.2, -0.15) is 0 Å². The summed E-state index contributed by atoms with van der Waals surface area (Å²) < 4.78 is 14.8. The van der Waals surface area contributed by atoms with Gasteiger partial charge in [-0.25, -0.2) is 0 Å². The second-order valence-electron chi connectivity index (χ2n) is 30.1. The van der Waals surface area contributed by atoms with Crippen molar-refractivity contribution in [2.75, 3.05) is 72.0 Å². The molecular formula is C89H146N4O6+2. The van der Waals surface area contributed by atoms with Crippen molar-refractivity contribution in [1.29, 1.82) is 0 Å². The molecule has 0 spiro atoms. The summed E-state index contributed by atoms with van der Waals surface area (Å²) in [6.07, 6.45) is 34.5. The molecule has 0 amide bonds. The highest BCUT2D eigenvalue weighted by molar-refractivity contribution is 5.99. The van der Waals surface area contributed by atoms with E-state index in [1.54, 1.807) is 0 Å². The van der Waals surface area contributed by atoms with Crippen LogP contribution in [0.2, 0.25) is 0 Å².